The second kappa shape index (κ2) is 9.78. The van der Waals surface area contributed by atoms with Crippen LogP contribution in [-0.2, 0) is 11.3 Å². The van der Waals surface area contributed by atoms with Gasteiger partial charge in [-0.15, -0.1) is 0 Å². The average Bonchev–Trinajstić information content (AvgIpc) is 2.74. The van der Waals surface area contributed by atoms with Gasteiger partial charge >= 0.3 is 6.09 Å². The van der Waals surface area contributed by atoms with Gasteiger partial charge in [0.15, 0.2) is 0 Å². The lowest BCUT2D eigenvalue weighted by atomic mass is 10.0. The Hall–Kier alpha value is -3.02. The fourth-order valence-corrected chi connectivity index (χ4v) is 3.13. The van der Waals surface area contributed by atoms with Gasteiger partial charge in [0.1, 0.15) is 12.4 Å². The summed E-state index contributed by atoms with van der Waals surface area (Å²) in [6.07, 6.45) is 1.17. The highest BCUT2D eigenvalue weighted by Gasteiger charge is 2.24. The van der Waals surface area contributed by atoms with Crippen molar-refractivity contribution in [1.29, 1.82) is 0 Å². The number of hydrogen-bond donors (Lipinski definition) is 1. The highest BCUT2D eigenvalue weighted by molar-refractivity contribution is 5.94. The average molecular weight is 382 g/mol. The minimum absolute atomic E-state index is 0.0622. The zero-order chi connectivity index (χ0) is 19.8. The smallest absolute Gasteiger partial charge is 0.409 e. The van der Waals surface area contributed by atoms with Gasteiger partial charge < -0.3 is 19.7 Å². The first kappa shape index (κ1) is 19.7. The fraction of sp³-hybridized carbons (Fsp3) is 0.364. The maximum atomic E-state index is 12.5. The second-order valence-electron chi connectivity index (χ2n) is 6.73. The van der Waals surface area contributed by atoms with Crippen LogP contribution in [0.25, 0.3) is 0 Å². The summed E-state index contributed by atoms with van der Waals surface area (Å²) in [7, 11) is 0. The lowest BCUT2D eigenvalue weighted by molar-refractivity contribution is 0.0860. The number of ether oxygens (including phenoxy) is 2. The zero-order valence-electron chi connectivity index (χ0n) is 16.1. The topological polar surface area (TPSA) is 67.9 Å². The monoisotopic (exact) mass is 382 g/mol. The molecule has 0 aliphatic carbocycles. The molecule has 0 spiro atoms. The summed E-state index contributed by atoms with van der Waals surface area (Å²) >= 11 is 0. The van der Waals surface area contributed by atoms with E-state index in [-0.39, 0.29) is 18.0 Å². The van der Waals surface area contributed by atoms with Gasteiger partial charge in [-0.25, -0.2) is 4.79 Å². The third-order valence-corrected chi connectivity index (χ3v) is 4.72. The van der Waals surface area contributed by atoms with Crippen molar-refractivity contribution in [3.63, 3.8) is 0 Å². The minimum Gasteiger partial charge on any atom is -0.489 e. The SMILES string of the molecule is CCOC(=O)N1CCC(NC(=O)c2ccc(OCc3ccccc3)cc2)CC1. The third kappa shape index (κ3) is 5.49. The molecule has 0 aromatic heterocycles. The molecule has 6 heteroatoms. The minimum atomic E-state index is -0.279. The van der Waals surface area contributed by atoms with Crippen molar-refractivity contribution >= 4 is 12.0 Å². The van der Waals surface area contributed by atoms with Crippen LogP contribution in [0.4, 0.5) is 4.79 Å². The maximum Gasteiger partial charge on any atom is 0.409 e. The van der Waals surface area contributed by atoms with Crippen molar-refractivity contribution in [1.82, 2.24) is 10.2 Å². The number of nitrogens with zero attached hydrogens (tertiary/aromatic N) is 1. The van der Waals surface area contributed by atoms with E-state index in [1.807, 2.05) is 30.3 Å². The van der Waals surface area contributed by atoms with Crippen molar-refractivity contribution < 1.29 is 19.1 Å². The molecule has 2 aromatic carbocycles. The van der Waals surface area contributed by atoms with Gasteiger partial charge in [0.2, 0.25) is 0 Å². The number of nitrogens with one attached hydrogen (secondary N) is 1. The van der Waals surface area contributed by atoms with E-state index in [0.29, 0.717) is 31.9 Å². The Morgan fingerprint density at radius 1 is 1.04 bits per heavy atom. The Morgan fingerprint density at radius 3 is 2.36 bits per heavy atom. The zero-order valence-corrected chi connectivity index (χ0v) is 16.1. The standard InChI is InChI=1S/C22H26N2O4/c1-2-27-22(26)24-14-12-19(13-15-24)23-21(25)18-8-10-20(11-9-18)28-16-17-6-4-3-5-7-17/h3-11,19H,2,12-16H2,1H3,(H,23,25). The van der Waals surface area contributed by atoms with Crippen LogP contribution < -0.4 is 10.1 Å². The van der Waals surface area contributed by atoms with E-state index in [1.54, 1.807) is 36.1 Å². The first-order valence-electron chi connectivity index (χ1n) is 9.65. The molecule has 3 rings (SSSR count). The highest BCUT2D eigenvalue weighted by atomic mass is 16.6. The molecule has 6 nitrogen and oxygen atoms in total. The third-order valence-electron chi connectivity index (χ3n) is 4.72. The largest absolute Gasteiger partial charge is 0.489 e. The highest BCUT2D eigenvalue weighted by Crippen LogP contribution is 2.16. The van der Waals surface area contributed by atoms with Crippen LogP contribution in [-0.4, -0.2) is 42.6 Å². The van der Waals surface area contributed by atoms with E-state index in [9.17, 15) is 9.59 Å². The molecule has 2 aromatic rings. The number of carbonyl (C=O) groups is 2. The molecule has 0 atom stereocenters. The Morgan fingerprint density at radius 2 is 1.71 bits per heavy atom. The Balaban J connectivity index is 1.45. The molecule has 28 heavy (non-hydrogen) atoms. The fourth-order valence-electron chi connectivity index (χ4n) is 3.13. The lowest BCUT2D eigenvalue weighted by Gasteiger charge is -2.31. The molecule has 1 aliphatic rings. The normalized spacial score (nSPS) is 14.4. The Bertz CT molecular complexity index is 769. The summed E-state index contributed by atoms with van der Waals surface area (Å²) in [4.78, 5) is 25.9. The summed E-state index contributed by atoms with van der Waals surface area (Å²) in [5.74, 6) is 0.618. The molecule has 1 saturated heterocycles. The van der Waals surface area contributed by atoms with E-state index in [1.165, 1.54) is 0 Å². The van der Waals surface area contributed by atoms with Crippen molar-refractivity contribution in [2.24, 2.45) is 0 Å². The number of likely N-dealkylation sites (tertiary alicyclic amines) is 1. The van der Waals surface area contributed by atoms with E-state index in [0.717, 1.165) is 24.2 Å². The van der Waals surface area contributed by atoms with Crippen LogP contribution in [0.1, 0.15) is 35.7 Å². The predicted octanol–water partition coefficient (Wildman–Crippen LogP) is 3.62. The molecule has 1 heterocycles. The van der Waals surface area contributed by atoms with E-state index < -0.39 is 0 Å². The molecular formula is C22H26N2O4. The predicted molar refractivity (Wildman–Crippen MR) is 106 cm³/mol. The van der Waals surface area contributed by atoms with Gasteiger partial charge in [-0.2, -0.15) is 0 Å². The Labute approximate surface area is 165 Å². The van der Waals surface area contributed by atoms with E-state index >= 15 is 0 Å². The number of rotatable bonds is 6. The van der Waals surface area contributed by atoms with Gasteiger partial charge in [0, 0.05) is 24.7 Å². The van der Waals surface area contributed by atoms with E-state index in [4.69, 9.17) is 9.47 Å². The number of carbonyl (C=O) groups excluding carboxylic acids is 2. The van der Waals surface area contributed by atoms with Crippen LogP contribution in [0.5, 0.6) is 5.75 Å². The number of piperidine rings is 1. The van der Waals surface area contributed by atoms with Gasteiger partial charge in [-0.1, -0.05) is 30.3 Å². The second-order valence-corrected chi connectivity index (χ2v) is 6.73. The molecule has 1 N–H and O–H groups in total. The summed E-state index contributed by atoms with van der Waals surface area (Å²) in [5.41, 5.74) is 1.69. The number of benzene rings is 2. The number of amides is 2. The van der Waals surface area contributed by atoms with Gasteiger partial charge in [0.25, 0.3) is 5.91 Å². The quantitative estimate of drug-likeness (QED) is 0.829. The van der Waals surface area contributed by atoms with Crippen LogP contribution in [0, 0.1) is 0 Å². The van der Waals surface area contributed by atoms with Crippen molar-refractivity contribution in [2.45, 2.75) is 32.4 Å². The van der Waals surface area contributed by atoms with E-state index in [2.05, 4.69) is 5.32 Å². The van der Waals surface area contributed by atoms with Crippen molar-refractivity contribution in [3.05, 3.63) is 65.7 Å². The molecule has 148 valence electrons. The lowest BCUT2D eigenvalue weighted by Crippen LogP contribution is -2.46. The molecule has 1 aliphatic heterocycles. The maximum absolute atomic E-state index is 12.5. The summed E-state index contributed by atoms with van der Waals surface area (Å²) < 4.78 is 10.8. The Kier molecular flexibility index (Phi) is 6.89. The van der Waals surface area contributed by atoms with Crippen LogP contribution in [0.3, 0.4) is 0 Å². The molecule has 2 amide bonds. The summed E-state index contributed by atoms with van der Waals surface area (Å²) in [6.45, 7) is 3.85. The van der Waals surface area contributed by atoms with Crippen LogP contribution in [0.2, 0.25) is 0 Å². The van der Waals surface area contributed by atoms with Crippen LogP contribution >= 0.6 is 0 Å². The number of hydrogen-bond acceptors (Lipinski definition) is 4. The molecular weight excluding hydrogens is 356 g/mol. The molecule has 0 bridgehead atoms. The molecule has 0 radical (unpaired) electrons. The first-order valence-corrected chi connectivity index (χ1v) is 9.65. The molecule has 1 fully saturated rings. The van der Waals surface area contributed by atoms with Gasteiger partial charge in [0.05, 0.1) is 6.61 Å². The van der Waals surface area contributed by atoms with Crippen LogP contribution in [0.15, 0.2) is 54.6 Å². The first-order chi connectivity index (χ1) is 13.7. The van der Waals surface area contributed by atoms with Gasteiger partial charge in [-0.3, -0.25) is 4.79 Å². The van der Waals surface area contributed by atoms with Crippen molar-refractivity contribution in [3.8, 4) is 5.75 Å². The van der Waals surface area contributed by atoms with Gasteiger partial charge in [-0.05, 0) is 49.6 Å². The van der Waals surface area contributed by atoms with Crippen molar-refractivity contribution in [2.75, 3.05) is 19.7 Å². The molecule has 0 unspecified atom stereocenters. The summed E-state index contributed by atoms with van der Waals surface area (Å²) in [6, 6.07) is 17.1. The summed E-state index contributed by atoms with van der Waals surface area (Å²) in [5, 5.41) is 3.05. The molecule has 0 saturated carbocycles.